The number of benzene rings is 1. The number of aliphatic hydroxyl groups excluding tert-OH is 1. The van der Waals surface area contributed by atoms with E-state index in [-0.39, 0.29) is 36.7 Å². The first-order chi connectivity index (χ1) is 10.6. The zero-order valence-corrected chi connectivity index (χ0v) is 12.3. The van der Waals surface area contributed by atoms with E-state index >= 15 is 0 Å². The van der Waals surface area contributed by atoms with Crippen LogP contribution in [0.3, 0.4) is 0 Å². The third-order valence-electron chi connectivity index (χ3n) is 4.07. The van der Waals surface area contributed by atoms with Gasteiger partial charge in [0.25, 0.3) is 0 Å². The summed E-state index contributed by atoms with van der Waals surface area (Å²) in [5, 5.41) is 23.6. The van der Waals surface area contributed by atoms with Crippen molar-refractivity contribution in [3.05, 3.63) is 35.1 Å². The largest absolute Gasteiger partial charge is 0.396 e. The molecule has 6 heteroatoms. The fourth-order valence-electron chi connectivity index (χ4n) is 2.79. The van der Waals surface area contributed by atoms with Crippen LogP contribution in [0.4, 0.5) is 9.18 Å². The van der Waals surface area contributed by atoms with Crippen molar-refractivity contribution in [2.24, 2.45) is 5.92 Å². The summed E-state index contributed by atoms with van der Waals surface area (Å²) in [4.78, 5) is 11.9. The standard InChI is InChI=1S/C16H20FN3O2/c17-14-6-5-11(8-18)7-13(14)9-19-16(22)20-15-4-2-1-3-12(15)10-21/h5-7,12,15,21H,1-4,9-10H2,(H2,19,20,22). The lowest BCUT2D eigenvalue weighted by atomic mass is 9.85. The molecule has 0 spiro atoms. The summed E-state index contributed by atoms with van der Waals surface area (Å²) in [7, 11) is 0. The third-order valence-corrected chi connectivity index (χ3v) is 4.07. The molecule has 5 nitrogen and oxygen atoms in total. The second kappa shape index (κ2) is 7.76. The quantitative estimate of drug-likeness (QED) is 0.796. The zero-order chi connectivity index (χ0) is 15.9. The Hall–Kier alpha value is -2.13. The van der Waals surface area contributed by atoms with Crippen LogP contribution >= 0.6 is 0 Å². The molecular weight excluding hydrogens is 285 g/mol. The van der Waals surface area contributed by atoms with Gasteiger partial charge in [0.15, 0.2) is 0 Å². The van der Waals surface area contributed by atoms with Gasteiger partial charge in [-0.1, -0.05) is 12.8 Å². The Kier molecular flexibility index (Phi) is 5.73. The van der Waals surface area contributed by atoms with Crippen LogP contribution < -0.4 is 10.6 Å². The van der Waals surface area contributed by atoms with Gasteiger partial charge < -0.3 is 15.7 Å². The summed E-state index contributed by atoms with van der Waals surface area (Å²) >= 11 is 0. The number of rotatable bonds is 4. The predicted molar refractivity (Wildman–Crippen MR) is 79.3 cm³/mol. The van der Waals surface area contributed by atoms with Gasteiger partial charge in [0, 0.05) is 30.7 Å². The van der Waals surface area contributed by atoms with E-state index in [9.17, 15) is 14.3 Å². The van der Waals surface area contributed by atoms with E-state index in [0.29, 0.717) is 5.56 Å². The van der Waals surface area contributed by atoms with Crippen molar-refractivity contribution in [1.29, 1.82) is 5.26 Å². The van der Waals surface area contributed by atoms with E-state index in [1.807, 2.05) is 6.07 Å². The SMILES string of the molecule is N#Cc1ccc(F)c(CNC(=O)NC2CCCCC2CO)c1. The van der Waals surface area contributed by atoms with Crippen molar-refractivity contribution in [2.75, 3.05) is 6.61 Å². The highest BCUT2D eigenvalue weighted by Crippen LogP contribution is 2.23. The minimum Gasteiger partial charge on any atom is -0.396 e. The Balaban J connectivity index is 1.89. The number of carbonyl (C=O) groups excluding carboxylic acids is 1. The lowest BCUT2D eigenvalue weighted by Crippen LogP contribution is -2.47. The van der Waals surface area contributed by atoms with Crippen molar-refractivity contribution < 1.29 is 14.3 Å². The molecule has 1 aliphatic rings. The highest BCUT2D eigenvalue weighted by molar-refractivity contribution is 5.74. The Morgan fingerprint density at radius 2 is 2.18 bits per heavy atom. The first-order valence-corrected chi connectivity index (χ1v) is 7.47. The summed E-state index contributed by atoms with van der Waals surface area (Å²) < 4.78 is 13.6. The van der Waals surface area contributed by atoms with Gasteiger partial charge in [-0.2, -0.15) is 5.26 Å². The monoisotopic (exact) mass is 305 g/mol. The second-order valence-corrected chi connectivity index (χ2v) is 5.58. The number of nitriles is 1. The van der Waals surface area contributed by atoms with Crippen molar-refractivity contribution >= 4 is 6.03 Å². The molecule has 1 fully saturated rings. The third kappa shape index (κ3) is 4.18. The summed E-state index contributed by atoms with van der Waals surface area (Å²) in [5.41, 5.74) is 0.628. The minimum absolute atomic E-state index is 0.0176. The van der Waals surface area contributed by atoms with Crippen molar-refractivity contribution in [3.63, 3.8) is 0 Å². The van der Waals surface area contributed by atoms with Gasteiger partial charge in [0.2, 0.25) is 0 Å². The number of carbonyl (C=O) groups is 1. The maximum Gasteiger partial charge on any atom is 0.315 e. The molecule has 3 N–H and O–H groups in total. The number of aliphatic hydroxyl groups is 1. The number of hydrogen-bond acceptors (Lipinski definition) is 3. The minimum atomic E-state index is -0.454. The van der Waals surface area contributed by atoms with Gasteiger partial charge in [-0.05, 0) is 31.0 Å². The van der Waals surface area contributed by atoms with Crippen LogP contribution in [0, 0.1) is 23.1 Å². The molecule has 1 aliphatic carbocycles. The summed E-state index contributed by atoms with van der Waals surface area (Å²) in [5.74, 6) is -0.372. The molecule has 1 aromatic carbocycles. The summed E-state index contributed by atoms with van der Waals surface area (Å²) in [6, 6.07) is 5.55. The van der Waals surface area contributed by atoms with Gasteiger partial charge >= 0.3 is 6.03 Å². The molecule has 0 saturated heterocycles. The van der Waals surface area contributed by atoms with E-state index in [4.69, 9.17) is 5.26 Å². The van der Waals surface area contributed by atoms with Crippen molar-refractivity contribution in [2.45, 2.75) is 38.3 Å². The van der Waals surface area contributed by atoms with Gasteiger partial charge in [0.05, 0.1) is 11.6 Å². The molecular formula is C16H20FN3O2. The molecule has 0 aliphatic heterocycles. The predicted octanol–water partition coefficient (Wildman–Crippen LogP) is 2.05. The Bertz CT molecular complexity index is 571. The van der Waals surface area contributed by atoms with Crippen LogP contribution in [0.5, 0.6) is 0 Å². The molecule has 2 amide bonds. The molecule has 22 heavy (non-hydrogen) atoms. The number of hydrogen-bond donors (Lipinski definition) is 3. The van der Waals surface area contributed by atoms with Crippen LogP contribution in [0.15, 0.2) is 18.2 Å². The van der Waals surface area contributed by atoms with Gasteiger partial charge in [-0.25, -0.2) is 9.18 Å². The first-order valence-electron chi connectivity index (χ1n) is 7.47. The molecule has 118 valence electrons. The molecule has 1 saturated carbocycles. The summed E-state index contributed by atoms with van der Waals surface area (Å²) in [6.07, 6.45) is 3.84. The van der Waals surface area contributed by atoms with Crippen LogP contribution in [0.25, 0.3) is 0 Å². The normalized spacial score (nSPS) is 21.0. The highest BCUT2D eigenvalue weighted by atomic mass is 19.1. The molecule has 0 heterocycles. The lowest BCUT2D eigenvalue weighted by Gasteiger charge is -2.30. The van der Waals surface area contributed by atoms with E-state index in [1.54, 1.807) is 0 Å². The van der Waals surface area contributed by atoms with E-state index in [0.717, 1.165) is 25.7 Å². The zero-order valence-electron chi connectivity index (χ0n) is 12.3. The molecule has 2 atom stereocenters. The smallest absolute Gasteiger partial charge is 0.315 e. The number of nitrogens with zero attached hydrogens (tertiary/aromatic N) is 1. The van der Waals surface area contributed by atoms with Crippen LogP contribution in [-0.4, -0.2) is 23.8 Å². The Morgan fingerprint density at radius 1 is 1.41 bits per heavy atom. The fourth-order valence-corrected chi connectivity index (χ4v) is 2.79. The molecule has 2 rings (SSSR count). The highest BCUT2D eigenvalue weighted by Gasteiger charge is 2.25. The second-order valence-electron chi connectivity index (χ2n) is 5.58. The maximum absolute atomic E-state index is 13.6. The average molecular weight is 305 g/mol. The molecule has 2 unspecified atom stereocenters. The molecule has 0 bridgehead atoms. The molecule has 0 radical (unpaired) electrons. The number of urea groups is 1. The lowest BCUT2D eigenvalue weighted by molar-refractivity contribution is 0.153. The van der Waals surface area contributed by atoms with E-state index in [1.165, 1.54) is 18.2 Å². The van der Waals surface area contributed by atoms with Crippen molar-refractivity contribution in [3.8, 4) is 6.07 Å². The van der Waals surface area contributed by atoms with Gasteiger partial charge in [-0.3, -0.25) is 0 Å². The van der Waals surface area contributed by atoms with Gasteiger partial charge in [-0.15, -0.1) is 0 Å². The van der Waals surface area contributed by atoms with E-state index in [2.05, 4.69) is 10.6 Å². The van der Waals surface area contributed by atoms with Gasteiger partial charge in [0.1, 0.15) is 5.82 Å². The summed E-state index contributed by atoms with van der Waals surface area (Å²) in [6.45, 7) is 0.0769. The topological polar surface area (TPSA) is 85.2 Å². The Labute approximate surface area is 129 Å². The molecule has 0 aromatic heterocycles. The van der Waals surface area contributed by atoms with Crippen LogP contribution in [0.2, 0.25) is 0 Å². The van der Waals surface area contributed by atoms with E-state index < -0.39 is 5.82 Å². The Morgan fingerprint density at radius 3 is 2.91 bits per heavy atom. The maximum atomic E-state index is 13.6. The first kappa shape index (κ1) is 16.2. The van der Waals surface area contributed by atoms with Crippen LogP contribution in [0.1, 0.15) is 36.8 Å². The fraction of sp³-hybridized carbons (Fsp3) is 0.500. The number of halogens is 1. The van der Waals surface area contributed by atoms with Crippen molar-refractivity contribution in [1.82, 2.24) is 10.6 Å². The number of amides is 2. The average Bonchev–Trinajstić information content (AvgIpc) is 2.54. The molecule has 1 aromatic rings. The number of nitrogens with one attached hydrogen (secondary N) is 2. The van der Waals surface area contributed by atoms with Crippen LogP contribution in [-0.2, 0) is 6.54 Å².